The monoisotopic (exact) mass is 277 g/mol. The zero-order valence-electron chi connectivity index (χ0n) is 11.6. The first kappa shape index (κ1) is 13.1. The number of ether oxygens (including phenoxy) is 1. The van der Waals surface area contributed by atoms with Gasteiger partial charge < -0.3 is 10.5 Å². The summed E-state index contributed by atoms with van der Waals surface area (Å²) in [5.74, 6) is 1.23. The standard InChI is InChI=1S/C17H15N3O/c1-11-5-4-6-12(9-11)21-16-13-7-2-3-8-15(13)20-10-14(16)17(18)19/h2-10H,1H3,(H3,18,19). The van der Waals surface area contributed by atoms with Gasteiger partial charge in [-0.1, -0.05) is 24.3 Å². The fourth-order valence-corrected chi connectivity index (χ4v) is 2.21. The van der Waals surface area contributed by atoms with Crippen LogP contribution in [0.5, 0.6) is 11.5 Å². The minimum absolute atomic E-state index is 0.0593. The average molecular weight is 277 g/mol. The van der Waals surface area contributed by atoms with Gasteiger partial charge in [0.1, 0.15) is 17.3 Å². The van der Waals surface area contributed by atoms with E-state index in [2.05, 4.69) is 4.98 Å². The quantitative estimate of drug-likeness (QED) is 0.567. The van der Waals surface area contributed by atoms with E-state index in [-0.39, 0.29) is 5.84 Å². The van der Waals surface area contributed by atoms with Gasteiger partial charge in [-0.25, -0.2) is 0 Å². The molecule has 0 atom stereocenters. The van der Waals surface area contributed by atoms with E-state index in [4.69, 9.17) is 15.9 Å². The summed E-state index contributed by atoms with van der Waals surface area (Å²) in [6.45, 7) is 2.00. The van der Waals surface area contributed by atoms with Gasteiger partial charge in [-0.15, -0.1) is 0 Å². The van der Waals surface area contributed by atoms with Gasteiger partial charge >= 0.3 is 0 Å². The summed E-state index contributed by atoms with van der Waals surface area (Å²) < 4.78 is 6.00. The smallest absolute Gasteiger partial charge is 0.149 e. The molecule has 3 rings (SSSR count). The lowest BCUT2D eigenvalue weighted by Crippen LogP contribution is -2.13. The van der Waals surface area contributed by atoms with Crippen LogP contribution in [0.1, 0.15) is 11.1 Å². The summed E-state index contributed by atoms with van der Waals surface area (Å²) in [5.41, 5.74) is 8.07. The third-order valence-electron chi connectivity index (χ3n) is 3.23. The third-order valence-corrected chi connectivity index (χ3v) is 3.23. The van der Waals surface area contributed by atoms with E-state index in [0.29, 0.717) is 17.1 Å². The number of fused-ring (bicyclic) bond motifs is 1. The highest BCUT2D eigenvalue weighted by molar-refractivity contribution is 6.03. The van der Waals surface area contributed by atoms with Gasteiger partial charge in [0.15, 0.2) is 0 Å². The number of nitrogen functional groups attached to an aromatic ring is 1. The number of nitrogens with zero attached hydrogens (tertiary/aromatic N) is 1. The number of hydrogen-bond donors (Lipinski definition) is 2. The molecule has 0 amide bonds. The second-order valence-electron chi connectivity index (χ2n) is 4.85. The Balaban J connectivity index is 2.18. The van der Waals surface area contributed by atoms with Crippen molar-refractivity contribution in [3.63, 3.8) is 0 Å². The van der Waals surface area contributed by atoms with Crippen molar-refractivity contribution in [1.29, 1.82) is 5.41 Å². The first-order valence-electron chi connectivity index (χ1n) is 6.62. The van der Waals surface area contributed by atoms with E-state index in [1.807, 2.05) is 55.5 Å². The molecule has 0 aliphatic heterocycles. The Labute approximate surface area is 122 Å². The molecule has 0 spiro atoms. The van der Waals surface area contributed by atoms with Crippen LogP contribution in [0.2, 0.25) is 0 Å². The van der Waals surface area contributed by atoms with Crippen molar-refractivity contribution in [3.8, 4) is 11.5 Å². The Morgan fingerprint density at radius 1 is 1.14 bits per heavy atom. The maximum absolute atomic E-state index is 7.72. The predicted molar refractivity (Wildman–Crippen MR) is 84.0 cm³/mol. The number of nitrogens with two attached hydrogens (primary N) is 1. The minimum Gasteiger partial charge on any atom is -0.456 e. The molecule has 0 radical (unpaired) electrons. The van der Waals surface area contributed by atoms with Crippen LogP contribution < -0.4 is 10.5 Å². The number of nitrogens with one attached hydrogen (secondary N) is 1. The predicted octanol–water partition coefficient (Wildman–Crippen LogP) is 3.62. The van der Waals surface area contributed by atoms with Gasteiger partial charge in [0, 0.05) is 11.6 Å². The number of rotatable bonds is 3. The number of hydrogen-bond acceptors (Lipinski definition) is 3. The SMILES string of the molecule is Cc1cccc(Oc2c(C(=N)N)cnc3ccccc23)c1. The molecule has 0 fully saturated rings. The van der Waals surface area contributed by atoms with Crippen molar-refractivity contribution in [3.05, 3.63) is 65.9 Å². The van der Waals surface area contributed by atoms with E-state index in [0.717, 1.165) is 16.5 Å². The molecule has 0 bridgehead atoms. The summed E-state index contributed by atoms with van der Waals surface area (Å²) in [5, 5.41) is 8.56. The van der Waals surface area contributed by atoms with Crippen molar-refractivity contribution in [2.75, 3.05) is 0 Å². The van der Waals surface area contributed by atoms with Gasteiger partial charge in [0.2, 0.25) is 0 Å². The minimum atomic E-state index is -0.0593. The lowest BCUT2D eigenvalue weighted by Gasteiger charge is -2.13. The van der Waals surface area contributed by atoms with Crippen LogP contribution in [0.15, 0.2) is 54.7 Å². The molecular formula is C17H15N3O. The number of para-hydroxylation sites is 1. The van der Waals surface area contributed by atoms with E-state index in [9.17, 15) is 0 Å². The van der Waals surface area contributed by atoms with Crippen LogP contribution >= 0.6 is 0 Å². The summed E-state index contributed by atoms with van der Waals surface area (Å²) in [7, 11) is 0. The van der Waals surface area contributed by atoms with Crippen molar-refractivity contribution >= 4 is 16.7 Å². The zero-order chi connectivity index (χ0) is 14.8. The molecule has 2 aromatic carbocycles. The Morgan fingerprint density at radius 3 is 2.71 bits per heavy atom. The normalized spacial score (nSPS) is 10.5. The van der Waals surface area contributed by atoms with Crippen LogP contribution in [0.4, 0.5) is 0 Å². The van der Waals surface area contributed by atoms with E-state index < -0.39 is 0 Å². The van der Waals surface area contributed by atoms with Gasteiger partial charge in [-0.3, -0.25) is 10.4 Å². The molecule has 3 aromatic rings. The molecule has 0 saturated carbocycles. The molecule has 3 N–H and O–H groups in total. The number of aryl methyl sites for hydroxylation is 1. The molecular weight excluding hydrogens is 262 g/mol. The highest BCUT2D eigenvalue weighted by Crippen LogP contribution is 2.32. The summed E-state index contributed by atoms with van der Waals surface area (Å²) >= 11 is 0. The molecule has 0 aliphatic rings. The summed E-state index contributed by atoms with van der Waals surface area (Å²) in [6, 6.07) is 15.4. The molecule has 4 heteroatoms. The highest BCUT2D eigenvalue weighted by atomic mass is 16.5. The first-order chi connectivity index (χ1) is 10.1. The van der Waals surface area contributed by atoms with Crippen LogP contribution in [0.25, 0.3) is 10.9 Å². The van der Waals surface area contributed by atoms with Crippen LogP contribution in [0, 0.1) is 12.3 Å². The van der Waals surface area contributed by atoms with Crippen molar-refractivity contribution in [2.24, 2.45) is 5.73 Å². The molecule has 21 heavy (non-hydrogen) atoms. The van der Waals surface area contributed by atoms with Gasteiger partial charge in [-0.05, 0) is 36.8 Å². The lowest BCUT2D eigenvalue weighted by atomic mass is 10.1. The Morgan fingerprint density at radius 2 is 1.95 bits per heavy atom. The molecule has 1 heterocycles. The third kappa shape index (κ3) is 2.56. The van der Waals surface area contributed by atoms with Crippen LogP contribution in [0.3, 0.4) is 0 Å². The molecule has 1 aromatic heterocycles. The van der Waals surface area contributed by atoms with Crippen molar-refractivity contribution < 1.29 is 4.74 Å². The molecule has 0 unspecified atom stereocenters. The Kier molecular flexibility index (Phi) is 3.28. The maximum Gasteiger partial charge on any atom is 0.149 e. The number of amidine groups is 1. The number of aromatic nitrogens is 1. The summed E-state index contributed by atoms with van der Waals surface area (Å²) in [6.07, 6.45) is 1.58. The topological polar surface area (TPSA) is 72.0 Å². The van der Waals surface area contributed by atoms with E-state index in [1.165, 1.54) is 0 Å². The zero-order valence-corrected chi connectivity index (χ0v) is 11.6. The number of pyridine rings is 1. The second kappa shape index (κ2) is 5.25. The molecule has 4 nitrogen and oxygen atoms in total. The summed E-state index contributed by atoms with van der Waals surface area (Å²) in [4.78, 5) is 4.32. The molecule has 0 aliphatic carbocycles. The highest BCUT2D eigenvalue weighted by Gasteiger charge is 2.13. The first-order valence-corrected chi connectivity index (χ1v) is 6.62. The molecule has 104 valence electrons. The van der Waals surface area contributed by atoms with Gasteiger partial charge in [0.05, 0.1) is 11.1 Å². The fraction of sp³-hybridized carbons (Fsp3) is 0.0588. The van der Waals surface area contributed by atoms with Gasteiger partial charge in [-0.2, -0.15) is 0 Å². The maximum atomic E-state index is 7.72. The van der Waals surface area contributed by atoms with E-state index >= 15 is 0 Å². The second-order valence-corrected chi connectivity index (χ2v) is 4.85. The van der Waals surface area contributed by atoms with Crippen molar-refractivity contribution in [1.82, 2.24) is 4.98 Å². The average Bonchev–Trinajstić information content (AvgIpc) is 2.47. The van der Waals surface area contributed by atoms with Crippen LogP contribution in [-0.2, 0) is 0 Å². The van der Waals surface area contributed by atoms with Crippen LogP contribution in [-0.4, -0.2) is 10.8 Å². The fourth-order valence-electron chi connectivity index (χ4n) is 2.21. The van der Waals surface area contributed by atoms with Gasteiger partial charge in [0.25, 0.3) is 0 Å². The molecule has 0 saturated heterocycles. The Bertz CT molecular complexity index is 827. The Hall–Kier alpha value is -2.88. The number of benzene rings is 2. The van der Waals surface area contributed by atoms with E-state index in [1.54, 1.807) is 6.20 Å². The lowest BCUT2D eigenvalue weighted by molar-refractivity contribution is 0.486. The largest absolute Gasteiger partial charge is 0.456 e. The van der Waals surface area contributed by atoms with Crippen molar-refractivity contribution in [2.45, 2.75) is 6.92 Å².